The maximum absolute atomic E-state index is 0. The molecule has 0 heterocycles. The van der Waals surface area contributed by atoms with Crippen molar-refractivity contribution in [3.05, 3.63) is 0 Å². The summed E-state index contributed by atoms with van der Waals surface area (Å²) < 4.78 is 0. The van der Waals surface area contributed by atoms with Crippen LogP contribution in [0.25, 0.3) is 0 Å². The van der Waals surface area contributed by atoms with Crippen LogP contribution in [0.4, 0.5) is 0 Å². The molecular formula is H3CeKMgW. The topological polar surface area (TPSA) is 0 Å². The van der Waals surface area contributed by atoms with Gasteiger partial charge in [0.25, 0.3) is 0 Å². The first kappa shape index (κ1) is 23.7. The Labute approximate surface area is 133 Å². The van der Waals surface area contributed by atoms with Gasteiger partial charge in [0.1, 0.15) is 0 Å². The predicted molar refractivity (Wildman–Crippen MR) is 15.7 cm³/mol. The van der Waals surface area contributed by atoms with Crippen LogP contribution in [-0.4, -0.2) is 74.4 Å². The summed E-state index contributed by atoms with van der Waals surface area (Å²) in [6, 6.07) is 0. The Balaban J connectivity index is 0. The maximum atomic E-state index is 0. The average Bonchev–Trinajstić information content (AvgIpc) is 0. The summed E-state index contributed by atoms with van der Waals surface area (Å²) in [5.74, 6) is 0. The molecule has 0 atom stereocenters. The summed E-state index contributed by atoms with van der Waals surface area (Å²) in [6.07, 6.45) is 0. The Morgan fingerprint density at radius 1 is 1.00 bits per heavy atom. The van der Waals surface area contributed by atoms with Gasteiger partial charge in [-0.1, -0.05) is 0 Å². The van der Waals surface area contributed by atoms with Crippen LogP contribution in [0.1, 0.15) is 0 Å². The van der Waals surface area contributed by atoms with E-state index in [1.807, 2.05) is 0 Å². The SMILES string of the molecule is [Ce].[KH].[MgH2].[W]. The van der Waals surface area contributed by atoms with Crippen LogP contribution in [-0.2, 0) is 21.1 Å². The van der Waals surface area contributed by atoms with Gasteiger partial charge in [-0.05, 0) is 0 Å². The van der Waals surface area contributed by atoms with Gasteiger partial charge in [0.05, 0.1) is 0 Å². The quantitative estimate of drug-likeness (QED) is 0.439. The minimum Gasteiger partial charge on any atom is 0 e. The van der Waals surface area contributed by atoms with Gasteiger partial charge in [-0.15, -0.1) is 0 Å². The third-order valence-corrected chi connectivity index (χ3v) is 0. The van der Waals surface area contributed by atoms with Gasteiger partial charge >= 0.3 is 74.4 Å². The zero-order valence-corrected chi connectivity index (χ0v) is 6.98. The van der Waals surface area contributed by atoms with E-state index < -0.39 is 0 Å². The molecule has 4 heteroatoms. The van der Waals surface area contributed by atoms with Crippen LogP contribution in [0.2, 0.25) is 0 Å². The van der Waals surface area contributed by atoms with E-state index in [1.165, 1.54) is 0 Å². The van der Waals surface area contributed by atoms with Crippen molar-refractivity contribution in [2.75, 3.05) is 0 Å². The molecule has 0 nitrogen and oxygen atoms in total. The van der Waals surface area contributed by atoms with E-state index in [0.717, 1.165) is 0 Å². The molecular weight excluding hydrogens is 387 g/mol. The van der Waals surface area contributed by atoms with Crippen LogP contribution in [0, 0.1) is 41.7 Å². The molecule has 16 valence electrons. The molecule has 0 saturated heterocycles. The predicted octanol–water partition coefficient (Wildman–Crippen LogP) is -1.57. The second-order valence-electron chi connectivity index (χ2n) is 0. The van der Waals surface area contributed by atoms with E-state index >= 15 is 0 Å². The second kappa shape index (κ2) is 15.7. The van der Waals surface area contributed by atoms with Crippen molar-refractivity contribution in [2.45, 2.75) is 0 Å². The third kappa shape index (κ3) is 9.69. The van der Waals surface area contributed by atoms with Crippen LogP contribution in [0.15, 0.2) is 0 Å². The zero-order chi connectivity index (χ0) is 0. The molecule has 0 aromatic carbocycles. The molecule has 0 aliphatic carbocycles. The van der Waals surface area contributed by atoms with Crippen molar-refractivity contribution in [3.8, 4) is 0 Å². The molecule has 0 aromatic heterocycles. The first-order valence-electron chi connectivity index (χ1n) is 0. The van der Waals surface area contributed by atoms with Crippen LogP contribution in [0.5, 0.6) is 0 Å². The van der Waals surface area contributed by atoms with E-state index in [0.29, 0.717) is 0 Å². The van der Waals surface area contributed by atoms with Crippen molar-refractivity contribution in [1.82, 2.24) is 0 Å². The molecule has 0 unspecified atom stereocenters. The molecule has 0 amide bonds. The number of hydrogen-bond acceptors (Lipinski definition) is 0. The fourth-order valence-corrected chi connectivity index (χ4v) is 0. The molecule has 0 rings (SSSR count). The van der Waals surface area contributed by atoms with Crippen molar-refractivity contribution < 1.29 is 62.8 Å². The van der Waals surface area contributed by atoms with Crippen LogP contribution in [0.3, 0.4) is 0 Å². The second-order valence-corrected chi connectivity index (χ2v) is 0. The number of rotatable bonds is 0. The molecule has 0 aromatic rings. The Hall–Kier alpha value is 4.47. The fourth-order valence-electron chi connectivity index (χ4n) is 0. The van der Waals surface area contributed by atoms with Gasteiger partial charge in [0.15, 0.2) is 0 Å². The van der Waals surface area contributed by atoms with Crippen molar-refractivity contribution >= 4 is 74.4 Å². The molecule has 4 heavy (non-hydrogen) atoms. The van der Waals surface area contributed by atoms with Gasteiger partial charge in [-0.3, -0.25) is 0 Å². The van der Waals surface area contributed by atoms with E-state index in [-0.39, 0.29) is 137 Å². The van der Waals surface area contributed by atoms with Crippen molar-refractivity contribution in [2.24, 2.45) is 0 Å². The van der Waals surface area contributed by atoms with Gasteiger partial charge < -0.3 is 0 Å². The third-order valence-electron chi connectivity index (χ3n) is 0. The van der Waals surface area contributed by atoms with Crippen molar-refractivity contribution in [3.63, 3.8) is 0 Å². The minimum absolute atomic E-state index is 0. The standard InChI is InChI=1S/Ce.K.Mg.W.3H. The van der Waals surface area contributed by atoms with E-state index in [1.54, 1.807) is 0 Å². The molecule has 0 aliphatic rings. The Kier molecular flexibility index (Phi) is 92.6. The van der Waals surface area contributed by atoms with E-state index in [4.69, 9.17) is 0 Å². The minimum atomic E-state index is 0. The molecule has 0 bridgehead atoms. The Bertz CT molecular complexity index is 8.00. The molecule has 0 spiro atoms. The molecule has 0 saturated carbocycles. The van der Waals surface area contributed by atoms with Crippen molar-refractivity contribution in [1.29, 1.82) is 0 Å². The molecule has 0 radical (unpaired) electrons. The zero-order valence-electron chi connectivity index (χ0n) is 0.908. The van der Waals surface area contributed by atoms with Gasteiger partial charge in [-0.2, -0.15) is 0 Å². The summed E-state index contributed by atoms with van der Waals surface area (Å²) in [5.41, 5.74) is 0. The summed E-state index contributed by atoms with van der Waals surface area (Å²) in [4.78, 5) is 0. The monoisotopic (exact) mass is 390 g/mol. The van der Waals surface area contributed by atoms with E-state index in [2.05, 4.69) is 0 Å². The summed E-state index contributed by atoms with van der Waals surface area (Å²) in [7, 11) is 0. The van der Waals surface area contributed by atoms with E-state index in [9.17, 15) is 0 Å². The fraction of sp³-hybridized carbons (Fsp3) is 0. The van der Waals surface area contributed by atoms with Crippen LogP contribution < -0.4 is 0 Å². The molecule has 0 N–H and O–H groups in total. The maximum Gasteiger partial charge on any atom is 0.316 e. The number of hydrogen-bond donors (Lipinski definition) is 0. The van der Waals surface area contributed by atoms with Gasteiger partial charge in [-0.25, -0.2) is 0 Å². The van der Waals surface area contributed by atoms with Gasteiger partial charge in [0.2, 0.25) is 0 Å². The van der Waals surface area contributed by atoms with Crippen LogP contribution >= 0.6 is 0 Å². The largest absolute Gasteiger partial charge is 0.316 e. The average molecular weight is 390 g/mol. The summed E-state index contributed by atoms with van der Waals surface area (Å²) in [6.45, 7) is 0. The van der Waals surface area contributed by atoms with Gasteiger partial charge in [0, 0.05) is 62.8 Å². The normalized spacial score (nSPS) is 0. The first-order chi connectivity index (χ1) is 0. The molecule has 0 aliphatic heterocycles. The summed E-state index contributed by atoms with van der Waals surface area (Å²) in [5, 5.41) is 0. The first-order valence-corrected chi connectivity index (χ1v) is 0. The smallest absolute Gasteiger partial charge is 0 e. The Morgan fingerprint density at radius 2 is 1.00 bits per heavy atom. The molecule has 0 fully saturated rings. The summed E-state index contributed by atoms with van der Waals surface area (Å²) >= 11 is 0. The Morgan fingerprint density at radius 3 is 1.00 bits per heavy atom.